The molecule has 1 atom stereocenters. The van der Waals surface area contributed by atoms with Gasteiger partial charge in [0.15, 0.2) is 15.8 Å². The van der Waals surface area contributed by atoms with Gasteiger partial charge in [-0.2, -0.15) is 0 Å². The van der Waals surface area contributed by atoms with E-state index >= 15 is 0 Å². The first-order chi connectivity index (χ1) is 12.8. The summed E-state index contributed by atoms with van der Waals surface area (Å²) in [5, 5.41) is 6.42. The van der Waals surface area contributed by atoms with Gasteiger partial charge in [-0.05, 0) is 49.6 Å². The summed E-state index contributed by atoms with van der Waals surface area (Å²) in [5.41, 5.74) is 1.22. The number of piperidine rings is 1. The second-order valence-corrected chi connectivity index (χ2v) is 9.36. The van der Waals surface area contributed by atoms with E-state index in [4.69, 9.17) is 0 Å². The molecule has 0 bridgehead atoms. The molecule has 1 aromatic rings. The molecule has 1 unspecified atom stereocenters. The predicted molar refractivity (Wildman–Crippen MR) is 123 cm³/mol. The smallest absolute Gasteiger partial charge is 0.191 e. The van der Waals surface area contributed by atoms with E-state index < -0.39 is 9.84 Å². The van der Waals surface area contributed by atoms with E-state index in [9.17, 15) is 12.8 Å². The van der Waals surface area contributed by atoms with Gasteiger partial charge in [-0.25, -0.2) is 12.8 Å². The second-order valence-electron chi connectivity index (χ2n) is 7.22. The van der Waals surface area contributed by atoms with Crippen molar-refractivity contribution in [2.75, 3.05) is 32.9 Å². The van der Waals surface area contributed by atoms with E-state index in [-0.39, 0.29) is 35.5 Å². The highest BCUT2D eigenvalue weighted by Crippen LogP contribution is 2.16. The molecule has 0 spiro atoms. The van der Waals surface area contributed by atoms with Crippen LogP contribution >= 0.6 is 24.0 Å². The van der Waals surface area contributed by atoms with Crippen molar-refractivity contribution in [1.82, 2.24) is 15.5 Å². The zero-order valence-electron chi connectivity index (χ0n) is 16.9. The van der Waals surface area contributed by atoms with Crippen molar-refractivity contribution >= 4 is 39.8 Å². The van der Waals surface area contributed by atoms with Crippen LogP contribution in [0.4, 0.5) is 4.39 Å². The summed E-state index contributed by atoms with van der Waals surface area (Å²) in [7, 11) is -1.51. The molecule has 28 heavy (non-hydrogen) atoms. The van der Waals surface area contributed by atoms with E-state index in [1.165, 1.54) is 43.7 Å². The minimum Gasteiger partial charge on any atom is -0.355 e. The molecule has 1 saturated heterocycles. The Morgan fingerprint density at radius 3 is 2.68 bits per heavy atom. The molecule has 9 heteroatoms. The number of likely N-dealkylation sites (tertiary alicyclic amines) is 1. The molecular formula is C19H32FIN4O2S. The van der Waals surface area contributed by atoms with Crippen LogP contribution in [0.25, 0.3) is 0 Å². The van der Waals surface area contributed by atoms with Gasteiger partial charge < -0.3 is 10.6 Å². The third kappa shape index (κ3) is 8.60. The molecule has 0 aromatic heterocycles. The fourth-order valence-electron chi connectivity index (χ4n) is 3.39. The van der Waals surface area contributed by atoms with E-state index in [1.54, 1.807) is 7.05 Å². The van der Waals surface area contributed by atoms with E-state index in [0.29, 0.717) is 29.7 Å². The number of sulfone groups is 1. The second kappa shape index (κ2) is 11.9. The van der Waals surface area contributed by atoms with Gasteiger partial charge in [-0.3, -0.25) is 9.89 Å². The molecule has 1 fully saturated rings. The molecule has 1 aromatic carbocycles. The van der Waals surface area contributed by atoms with Gasteiger partial charge in [0.05, 0.1) is 5.75 Å². The topological polar surface area (TPSA) is 73.8 Å². The molecule has 0 aliphatic carbocycles. The lowest BCUT2D eigenvalue weighted by Gasteiger charge is -2.33. The van der Waals surface area contributed by atoms with Crippen LogP contribution in [0.5, 0.6) is 0 Å². The molecule has 6 nitrogen and oxygen atoms in total. The molecule has 2 rings (SSSR count). The average Bonchev–Trinajstić information content (AvgIpc) is 2.60. The number of nitrogens with one attached hydrogen (secondary N) is 2. The van der Waals surface area contributed by atoms with Gasteiger partial charge >= 0.3 is 0 Å². The summed E-state index contributed by atoms with van der Waals surface area (Å²) < 4.78 is 36.8. The van der Waals surface area contributed by atoms with Crippen LogP contribution in [-0.4, -0.2) is 58.3 Å². The van der Waals surface area contributed by atoms with Crippen molar-refractivity contribution in [2.45, 2.75) is 44.5 Å². The number of guanidine groups is 1. The highest BCUT2D eigenvalue weighted by Gasteiger charge is 2.17. The summed E-state index contributed by atoms with van der Waals surface area (Å²) in [6.45, 7) is 5.42. The lowest BCUT2D eigenvalue weighted by atomic mass is 10.0. The largest absolute Gasteiger partial charge is 0.355 e. The first kappa shape index (κ1) is 25.1. The molecule has 0 radical (unpaired) electrons. The molecular weight excluding hydrogens is 494 g/mol. The van der Waals surface area contributed by atoms with Crippen molar-refractivity contribution in [3.8, 4) is 0 Å². The Morgan fingerprint density at radius 2 is 2.04 bits per heavy atom. The SMILES string of the molecule is CN=C(NCCN1CCCCC1C)NCc1cc(F)ccc1CS(C)(=O)=O.I. The van der Waals surface area contributed by atoms with Crippen molar-refractivity contribution in [1.29, 1.82) is 0 Å². The number of nitrogens with zero attached hydrogens (tertiary/aromatic N) is 2. The maximum atomic E-state index is 13.6. The summed E-state index contributed by atoms with van der Waals surface area (Å²) in [6.07, 6.45) is 4.98. The Balaban J connectivity index is 0.00000392. The van der Waals surface area contributed by atoms with E-state index in [2.05, 4.69) is 27.4 Å². The number of aliphatic imine (C=N–C) groups is 1. The molecule has 2 N–H and O–H groups in total. The number of rotatable bonds is 7. The van der Waals surface area contributed by atoms with Gasteiger partial charge in [-0.15, -0.1) is 24.0 Å². The summed E-state index contributed by atoms with van der Waals surface area (Å²) in [5.74, 6) is 0.128. The quantitative estimate of drug-likeness (QED) is 0.325. The van der Waals surface area contributed by atoms with Crippen molar-refractivity contribution < 1.29 is 12.8 Å². The molecule has 1 aliphatic rings. The van der Waals surface area contributed by atoms with Gasteiger partial charge in [0, 0.05) is 39.0 Å². The van der Waals surface area contributed by atoms with Crippen molar-refractivity contribution in [2.24, 2.45) is 4.99 Å². The Kier molecular flexibility index (Phi) is 10.7. The monoisotopic (exact) mass is 526 g/mol. The van der Waals surface area contributed by atoms with E-state index in [0.717, 1.165) is 19.6 Å². The average molecular weight is 526 g/mol. The number of halogens is 2. The minimum atomic E-state index is -3.19. The van der Waals surface area contributed by atoms with Crippen LogP contribution in [0.2, 0.25) is 0 Å². The normalized spacial score (nSPS) is 18.4. The molecule has 1 heterocycles. The molecule has 1 aliphatic heterocycles. The van der Waals surface area contributed by atoms with Crippen LogP contribution in [0.1, 0.15) is 37.3 Å². The van der Waals surface area contributed by atoms with Crippen LogP contribution in [0.15, 0.2) is 23.2 Å². The van der Waals surface area contributed by atoms with Gasteiger partial charge in [0.2, 0.25) is 0 Å². The standard InChI is InChI=1S/C19H31FN4O2S.HI/c1-15-6-4-5-10-24(15)11-9-22-19(21-2)23-13-17-12-18(20)8-7-16(17)14-27(3,25)26;/h7-8,12,15H,4-6,9-11,13-14H2,1-3H3,(H2,21,22,23);1H. The Morgan fingerprint density at radius 1 is 1.29 bits per heavy atom. The zero-order valence-corrected chi connectivity index (χ0v) is 20.0. The van der Waals surface area contributed by atoms with Crippen LogP contribution in [-0.2, 0) is 22.1 Å². The molecule has 0 amide bonds. The highest BCUT2D eigenvalue weighted by molar-refractivity contribution is 14.0. The van der Waals surface area contributed by atoms with Crippen LogP contribution in [0, 0.1) is 5.82 Å². The number of hydrogen-bond acceptors (Lipinski definition) is 4. The number of hydrogen-bond donors (Lipinski definition) is 2. The first-order valence-electron chi connectivity index (χ1n) is 9.42. The fraction of sp³-hybridized carbons (Fsp3) is 0.632. The van der Waals surface area contributed by atoms with Crippen LogP contribution in [0.3, 0.4) is 0 Å². The number of benzene rings is 1. The van der Waals surface area contributed by atoms with Crippen LogP contribution < -0.4 is 10.6 Å². The lowest BCUT2D eigenvalue weighted by molar-refractivity contribution is 0.163. The van der Waals surface area contributed by atoms with Gasteiger partial charge in [0.25, 0.3) is 0 Å². The predicted octanol–water partition coefficient (Wildman–Crippen LogP) is 2.53. The van der Waals surface area contributed by atoms with Gasteiger partial charge in [-0.1, -0.05) is 12.5 Å². The highest BCUT2D eigenvalue weighted by atomic mass is 127. The zero-order chi connectivity index (χ0) is 19.9. The maximum Gasteiger partial charge on any atom is 0.191 e. The molecule has 160 valence electrons. The molecule has 0 saturated carbocycles. The Bertz CT molecular complexity index is 758. The maximum absolute atomic E-state index is 13.6. The first-order valence-corrected chi connectivity index (χ1v) is 11.5. The fourth-order valence-corrected chi connectivity index (χ4v) is 4.24. The lowest BCUT2D eigenvalue weighted by Crippen LogP contribution is -2.45. The van der Waals surface area contributed by atoms with Gasteiger partial charge in [0.1, 0.15) is 5.82 Å². The summed E-state index contributed by atoms with van der Waals surface area (Å²) >= 11 is 0. The Labute approximate surface area is 185 Å². The summed E-state index contributed by atoms with van der Waals surface area (Å²) in [6, 6.07) is 4.80. The third-order valence-corrected chi connectivity index (χ3v) is 5.72. The van der Waals surface area contributed by atoms with Crippen molar-refractivity contribution in [3.05, 3.63) is 35.1 Å². The third-order valence-electron chi connectivity index (χ3n) is 4.89. The minimum absolute atomic E-state index is 0. The van der Waals surface area contributed by atoms with Crippen molar-refractivity contribution in [3.63, 3.8) is 0 Å². The summed E-state index contributed by atoms with van der Waals surface area (Å²) in [4.78, 5) is 6.67. The van der Waals surface area contributed by atoms with E-state index in [1.807, 2.05) is 0 Å². The Hall–Kier alpha value is -0.940.